The average molecular weight is 310 g/mol. The first kappa shape index (κ1) is 15.3. The molecule has 0 unspecified atom stereocenters. The van der Waals surface area contributed by atoms with Crippen molar-refractivity contribution in [2.24, 2.45) is 0 Å². The highest BCUT2D eigenvalue weighted by molar-refractivity contribution is 6.37. The Morgan fingerprint density at radius 3 is 2.62 bits per heavy atom. The summed E-state index contributed by atoms with van der Waals surface area (Å²) in [5, 5.41) is 8.28. The van der Waals surface area contributed by atoms with Crippen LogP contribution in [0, 0.1) is 0 Å². The van der Waals surface area contributed by atoms with Crippen LogP contribution in [0.2, 0.25) is 5.02 Å². The van der Waals surface area contributed by atoms with E-state index in [9.17, 15) is 14.4 Å². The number of carbonyl (C=O) groups excluding carboxylic acids is 3. The molecule has 0 spiro atoms. The first-order chi connectivity index (χ1) is 10.0. The van der Waals surface area contributed by atoms with E-state index >= 15 is 0 Å². The highest BCUT2D eigenvalue weighted by atomic mass is 35.5. The van der Waals surface area contributed by atoms with Crippen LogP contribution in [0.5, 0.6) is 0 Å². The lowest BCUT2D eigenvalue weighted by Crippen LogP contribution is -2.40. The van der Waals surface area contributed by atoms with Crippen LogP contribution < -0.4 is 16.0 Å². The van der Waals surface area contributed by atoms with E-state index in [1.807, 2.05) is 0 Å². The maximum absolute atomic E-state index is 12.0. The molecule has 7 heteroatoms. The van der Waals surface area contributed by atoms with Gasteiger partial charge in [-0.15, -0.1) is 0 Å². The van der Waals surface area contributed by atoms with Crippen molar-refractivity contribution in [1.29, 1.82) is 0 Å². The van der Waals surface area contributed by atoms with E-state index in [0.29, 0.717) is 16.3 Å². The van der Waals surface area contributed by atoms with Gasteiger partial charge in [0.15, 0.2) is 0 Å². The maximum atomic E-state index is 12.0. The molecular weight excluding hydrogens is 294 g/mol. The number of hydrogen-bond acceptors (Lipinski definition) is 4. The van der Waals surface area contributed by atoms with Gasteiger partial charge in [0.2, 0.25) is 5.78 Å². The van der Waals surface area contributed by atoms with E-state index in [1.165, 1.54) is 6.07 Å². The summed E-state index contributed by atoms with van der Waals surface area (Å²) in [6.07, 6.45) is 1.80. The number of halogens is 1. The van der Waals surface area contributed by atoms with E-state index in [4.69, 9.17) is 11.6 Å². The number of amides is 2. The molecule has 3 N–H and O–H groups in total. The van der Waals surface area contributed by atoms with Crippen molar-refractivity contribution >= 4 is 34.9 Å². The molecule has 1 saturated carbocycles. The number of carbonyl (C=O) groups is 3. The second-order valence-electron chi connectivity index (χ2n) is 4.79. The lowest BCUT2D eigenvalue weighted by Gasteiger charge is -2.10. The van der Waals surface area contributed by atoms with Gasteiger partial charge in [0.25, 0.3) is 11.8 Å². The summed E-state index contributed by atoms with van der Waals surface area (Å²) in [6, 6.07) is 4.93. The highest BCUT2D eigenvalue weighted by Crippen LogP contribution is 2.20. The van der Waals surface area contributed by atoms with Crippen molar-refractivity contribution in [2.75, 3.05) is 18.9 Å². The van der Waals surface area contributed by atoms with Crippen molar-refractivity contribution in [2.45, 2.75) is 18.9 Å². The summed E-state index contributed by atoms with van der Waals surface area (Å²) in [4.78, 5) is 35.1. The molecule has 6 nitrogen and oxygen atoms in total. The van der Waals surface area contributed by atoms with Gasteiger partial charge in [0.1, 0.15) is 0 Å². The van der Waals surface area contributed by atoms with Crippen LogP contribution in [0.15, 0.2) is 18.2 Å². The molecule has 1 aliphatic carbocycles. The summed E-state index contributed by atoms with van der Waals surface area (Å²) in [5.41, 5.74) is 0.909. The zero-order valence-electron chi connectivity index (χ0n) is 11.5. The van der Waals surface area contributed by atoms with Crippen molar-refractivity contribution in [3.63, 3.8) is 0 Å². The molecule has 0 aliphatic heterocycles. The van der Waals surface area contributed by atoms with Crippen molar-refractivity contribution in [3.05, 3.63) is 28.8 Å². The van der Waals surface area contributed by atoms with Gasteiger partial charge in [-0.05, 0) is 31.0 Å². The third-order valence-electron chi connectivity index (χ3n) is 3.07. The molecule has 0 saturated heterocycles. The molecule has 0 bridgehead atoms. The number of benzene rings is 1. The second kappa shape index (κ2) is 6.58. The first-order valence-electron chi connectivity index (χ1n) is 6.60. The van der Waals surface area contributed by atoms with Gasteiger partial charge < -0.3 is 16.0 Å². The Balaban J connectivity index is 1.93. The highest BCUT2D eigenvalue weighted by Gasteiger charge is 2.26. The number of ketones is 1. The summed E-state index contributed by atoms with van der Waals surface area (Å²) in [7, 11) is 1.67. The van der Waals surface area contributed by atoms with Crippen molar-refractivity contribution in [1.82, 2.24) is 10.6 Å². The fraction of sp³-hybridized carbons (Fsp3) is 0.357. The minimum atomic E-state index is -0.664. The van der Waals surface area contributed by atoms with Crippen LogP contribution in [0.3, 0.4) is 0 Å². The number of anilines is 1. The number of hydrogen-bond donors (Lipinski definition) is 3. The predicted molar refractivity (Wildman–Crippen MR) is 79.5 cm³/mol. The molecule has 0 aromatic heterocycles. The van der Waals surface area contributed by atoms with Gasteiger partial charge in [-0.1, -0.05) is 11.6 Å². The van der Waals surface area contributed by atoms with Crippen LogP contribution in [-0.4, -0.2) is 37.2 Å². The van der Waals surface area contributed by atoms with Crippen LogP contribution >= 0.6 is 11.6 Å². The number of Topliss-reactive ketones (excluding diaryl/α,β-unsaturated/α-hetero) is 1. The lowest BCUT2D eigenvalue weighted by atomic mass is 10.1. The molecule has 1 aromatic rings. The van der Waals surface area contributed by atoms with E-state index in [0.717, 1.165) is 12.8 Å². The number of rotatable bonds is 6. The molecule has 0 heterocycles. The summed E-state index contributed by atoms with van der Waals surface area (Å²) >= 11 is 5.86. The Labute approximate surface area is 127 Å². The standard InChI is InChI=1S/C14H16ClN3O3/c1-16-11-5-2-8(15)6-10(11)13(20)17-7-12(19)14(21)18-9-3-4-9/h2,5-6,9,16H,3-4,7H2,1H3,(H,17,20)(H,18,21). The van der Waals surface area contributed by atoms with Gasteiger partial charge in [-0.2, -0.15) is 0 Å². The van der Waals surface area contributed by atoms with Gasteiger partial charge in [0.05, 0.1) is 12.1 Å². The van der Waals surface area contributed by atoms with Gasteiger partial charge in [0, 0.05) is 23.8 Å². The predicted octanol–water partition coefficient (Wildman–Crippen LogP) is 0.959. The monoisotopic (exact) mass is 309 g/mol. The second-order valence-corrected chi connectivity index (χ2v) is 5.23. The molecule has 21 heavy (non-hydrogen) atoms. The summed E-state index contributed by atoms with van der Waals surface area (Å²) < 4.78 is 0. The zero-order valence-corrected chi connectivity index (χ0v) is 12.3. The maximum Gasteiger partial charge on any atom is 0.289 e. The third-order valence-corrected chi connectivity index (χ3v) is 3.31. The molecule has 0 radical (unpaired) electrons. The molecule has 112 valence electrons. The van der Waals surface area contributed by atoms with Crippen molar-refractivity contribution < 1.29 is 14.4 Å². The largest absolute Gasteiger partial charge is 0.387 e. The molecule has 2 amide bonds. The fourth-order valence-electron chi connectivity index (χ4n) is 1.75. The molecule has 1 aromatic carbocycles. The zero-order chi connectivity index (χ0) is 15.4. The first-order valence-corrected chi connectivity index (χ1v) is 6.98. The van der Waals surface area contributed by atoms with E-state index in [1.54, 1.807) is 19.2 Å². The van der Waals surface area contributed by atoms with Crippen molar-refractivity contribution in [3.8, 4) is 0 Å². The third kappa shape index (κ3) is 4.19. The smallest absolute Gasteiger partial charge is 0.289 e. The number of nitrogens with one attached hydrogen (secondary N) is 3. The lowest BCUT2D eigenvalue weighted by molar-refractivity contribution is -0.137. The Kier molecular flexibility index (Phi) is 4.80. The Morgan fingerprint density at radius 2 is 2.00 bits per heavy atom. The van der Waals surface area contributed by atoms with Gasteiger partial charge in [-0.3, -0.25) is 14.4 Å². The van der Waals surface area contributed by atoms with E-state index in [-0.39, 0.29) is 12.6 Å². The van der Waals surface area contributed by atoms with Crippen LogP contribution in [0.4, 0.5) is 5.69 Å². The molecule has 1 fully saturated rings. The quantitative estimate of drug-likeness (QED) is 0.683. The average Bonchev–Trinajstić information content (AvgIpc) is 3.28. The van der Waals surface area contributed by atoms with Gasteiger partial charge >= 0.3 is 0 Å². The Bertz CT molecular complexity index is 585. The minimum Gasteiger partial charge on any atom is -0.387 e. The molecular formula is C14H16ClN3O3. The topological polar surface area (TPSA) is 87.3 Å². The van der Waals surface area contributed by atoms with Crippen LogP contribution in [0.1, 0.15) is 23.2 Å². The minimum absolute atomic E-state index is 0.112. The van der Waals surface area contributed by atoms with E-state index in [2.05, 4.69) is 16.0 Å². The van der Waals surface area contributed by atoms with Crippen LogP contribution in [-0.2, 0) is 9.59 Å². The van der Waals surface area contributed by atoms with Gasteiger partial charge in [-0.25, -0.2) is 0 Å². The Morgan fingerprint density at radius 1 is 1.29 bits per heavy atom. The Hall–Kier alpha value is -2.08. The normalized spacial score (nSPS) is 13.4. The summed E-state index contributed by atoms with van der Waals surface area (Å²) in [5.74, 6) is -1.78. The SMILES string of the molecule is CNc1ccc(Cl)cc1C(=O)NCC(=O)C(=O)NC1CC1. The van der Waals surface area contributed by atoms with E-state index < -0.39 is 17.6 Å². The molecule has 2 rings (SSSR count). The molecule has 0 atom stereocenters. The summed E-state index contributed by atoms with van der Waals surface area (Å²) in [6.45, 7) is -0.340. The fourth-order valence-corrected chi connectivity index (χ4v) is 1.92. The van der Waals surface area contributed by atoms with Crippen LogP contribution in [0.25, 0.3) is 0 Å². The molecule has 1 aliphatic rings.